The number of hydrogen-bond acceptors (Lipinski definition) is 3. The molecule has 0 fully saturated rings. The molecule has 0 bridgehead atoms. The molecule has 0 radical (unpaired) electrons. The van der Waals surface area contributed by atoms with Crippen molar-refractivity contribution in [2.24, 2.45) is 0 Å². The van der Waals surface area contributed by atoms with Crippen LogP contribution in [-0.2, 0) is 0 Å². The molecule has 1 aromatic carbocycles. The lowest BCUT2D eigenvalue weighted by molar-refractivity contribution is 0.102. The van der Waals surface area contributed by atoms with Crippen LogP contribution >= 0.6 is 0 Å². The first kappa shape index (κ1) is 12.4. The molecular formula is C14H16N2O2. The van der Waals surface area contributed by atoms with Gasteiger partial charge < -0.3 is 9.84 Å². The summed E-state index contributed by atoms with van der Waals surface area (Å²) < 4.78 is 5.01. The number of carbonyl (C=O) groups is 1. The van der Waals surface area contributed by atoms with Crippen molar-refractivity contribution in [1.82, 2.24) is 5.16 Å². The summed E-state index contributed by atoms with van der Waals surface area (Å²) in [6.07, 6.45) is 0. The van der Waals surface area contributed by atoms with E-state index in [-0.39, 0.29) is 5.91 Å². The highest BCUT2D eigenvalue weighted by molar-refractivity contribution is 6.04. The first-order valence-corrected chi connectivity index (χ1v) is 5.80. The van der Waals surface area contributed by atoms with Gasteiger partial charge in [-0.05, 0) is 51.0 Å². The van der Waals surface area contributed by atoms with E-state index in [0.717, 1.165) is 5.56 Å². The van der Waals surface area contributed by atoms with E-state index in [1.165, 1.54) is 5.56 Å². The Kier molecular flexibility index (Phi) is 3.19. The van der Waals surface area contributed by atoms with E-state index in [4.69, 9.17) is 4.52 Å². The molecular weight excluding hydrogens is 228 g/mol. The third-order valence-corrected chi connectivity index (χ3v) is 3.04. The minimum atomic E-state index is -0.146. The van der Waals surface area contributed by atoms with Gasteiger partial charge in [0.1, 0.15) is 11.4 Å². The fourth-order valence-electron chi connectivity index (χ4n) is 1.73. The van der Waals surface area contributed by atoms with Crippen LogP contribution in [0.5, 0.6) is 0 Å². The van der Waals surface area contributed by atoms with Gasteiger partial charge in [-0.3, -0.25) is 4.79 Å². The molecule has 4 nitrogen and oxygen atoms in total. The molecule has 0 aliphatic rings. The SMILES string of the molecule is Cc1ccc(C(=O)Nc2c(C)noc2C)cc1C. The third kappa shape index (κ3) is 2.27. The summed E-state index contributed by atoms with van der Waals surface area (Å²) >= 11 is 0. The number of aromatic nitrogens is 1. The van der Waals surface area contributed by atoms with Crippen LogP contribution < -0.4 is 5.32 Å². The van der Waals surface area contributed by atoms with Crippen LogP contribution in [0.1, 0.15) is 32.9 Å². The molecule has 0 atom stereocenters. The minimum absolute atomic E-state index is 0.146. The molecule has 0 aliphatic carbocycles. The lowest BCUT2D eigenvalue weighted by atomic mass is 10.1. The lowest BCUT2D eigenvalue weighted by Gasteiger charge is -2.06. The molecule has 1 N–H and O–H groups in total. The second-order valence-corrected chi connectivity index (χ2v) is 4.45. The molecule has 0 saturated carbocycles. The second-order valence-electron chi connectivity index (χ2n) is 4.45. The zero-order valence-electron chi connectivity index (χ0n) is 11.0. The number of nitrogens with one attached hydrogen (secondary N) is 1. The maximum absolute atomic E-state index is 12.1. The van der Waals surface area contributed by atoms with Gasteiger partial charge in [0.05, 0.1) is 0 Å². The number of benzene rings is 1. The fourth-order valence-corrected chi connectivity index (χ4v) is 1.73. The lowest BCUT2D eigenvalue weighted by Crippen LogP contribution is -2.13. The summed E-state index contributed by atoms with van der Waals surface area (Å²) in [7, 11) is 0. The van der Waals surface area contributed by atoms with Crippen LogP contribution in [0.25, 0.3) is 0 Å². The number of rotatable bonds is 2. The summed E-state index contributed by atoms with van der Waals surface area (Å²) in [6.45, 7) is 7.58. The zero-order chi connectivity index (χ0) is 13.3. The Hall–Kier alpha value is -2.10. The van der Waals surface area contributed by atoms with Gasteiger partial charge >= 0.3 is 0 Å². The Morgan fingerprint density at radius 1 is 1.17 bits per heavy atom. The Morgan fingerprint density at radius 2 is 1.89 bits per heavy atom. The van der Waals surface area contributed by atoms with Gasteiger partial charge in [-0.1, -0.05) is 11.2 Å². The Labute approximate surface area is 106 Å². The number of carbonyl (C=O) groups excluding carboxylic acids is 1. The van der Waals surface area contributed by atoms with Crippen LogP contribution in [0.15, 0.2) is 22.7 Å². The number of nitrogens with zero attached hydrogens (tertiary/aromatic N) is 1. The highest BCUT2D eigenvalue weighted by Crippen LogP contribution is 2.20. The molecule has 1 heterocycles. The van der Waals surface area contributed by atoms with E-state index in [1.807, 2.05) is 32.0 Å². The highest BCUT2D eigenvalue weighted by Gasteiger charge is 2.13. The topological polar surface area (TPSA) is 55.1 Å². The predicted octanol–water partition coefficient (Wildman–Crippen LogP) is 3.16. The summed E-state index contributed by atoms with van der Waals surface area (Å²) in [5.41, 5.74) is 4.24. The van der Waals surface area contributed by atoms with Gasteiger partial charge in [0.25, 0.3) is 5.91 Å². The minimum Gasteiger partial charge on any atom is -0.359 e. The normalized spacial score (nSPS) is 10.4. The van der Waals surface area contributed by atoms with Gasteiger partial charge in [0.15, 0.2) is 5.76 Å². The summed E-state index contributed by atoms with van der Waals surface area (Å²) in [4.78, 5) is 12.1. The molecule has 18 heavy (non-hydrogen) atoms. The van der Waals surface area contributed by atoms with Crippen LogP contribution in [0.4, 0.5) is 5.69 Å². The van der Waals surface area contributed by atoms with Crippen molar-refractivity contribution in [2.75, 3.05) is 5.32 Å². The van der Waals surface area contributed by atoms with Crippen molar-refractivity contribution in [2.45, 2.75) is 27.7 Å². The number of amides is 1. The quantitative estimate of drug-likeness (QED) is 0.882. The first-order valence-electron chi connectivity index (χ1n) is 5.80. The predicted molar refractivity (Wildman–Crippen MR) is 69.8 cm³/mol. The highest BCUT2D eigenvalue weighted by atomic mass is 16.5. The van der Waals surface area contributed by atoms with Gasteiger partial charge in [-0.2, -0.15) is 0 Å². The fraction of sp³-hybridized carbons (Fsp3) is 0.286. The number of anilines is 1. The van der Waals surface area contributed by atoms with Crippen LogP contribution in [-0.4, -0.2) is 11.1 Å². The Bertz CT molecular complexity index is 580. The van der Waals surface area contributed by atoms with Crippen LogP contribution in [0, 0.1) is 27.7 Å². The van der Waals surface area contributed by atoms with Crippen molar-refractivity contribution < 1.29 is 9.32 Å². The van der Waals surface area contributed by atoms with E-state index in [1.54, 1.807) is 13.8 Å². The van der Waals surface area contributed by atoms with E-state index in [2.05, 4.69) is 10.5 Å². The number of hydrogen-bond donors (Lipinski definition) is 1. The Morgan fingerprint density at radius 3 is 2.44 bits per heavy atom. The summed E-state index contributed by atoms with van der Waals surface area (Å²) in [5.74, 6) is 0.470. The molecule has 2 aromatic rings. The number of aryl methyl sites for hydroxylation is 4. The van der Waals surface area contributed by atoms with E-state index >= 15 is 0 Å². The maximum atomic E-state index is 12.1. The van der Waals surface area contributed by atoms with E-state index < -0.39 is 0 Å². The molecule has 0 aliphatic heterocycles. The first-order chi connectivity index (χ1) is 8.49. The van der Waals surface area contributed by atoms with E-state index in [9.17, 15) is 4.79 Å². The molecule has 94 valence electrons. The van der Waals surface area contributed by atoms with Crippen molar-refractivity contribution in [1.29, 1.82) is 0 Å². The average Bonchev–Trinajstić information content (AvgIpc) is 2.64. The second kappa shape index (κ2) is 4.64. The smallest absolute Gasteiger partial charge is 0.255 e. The van der Waals surface area contributed by atoms with Gasteiger partial charge in [-0.25, -0.2) is 0 Å². The van der Waals surface area contributed by atoms with Crippen LogP contribution in [0.3, 0.4) is 0 Å². The summed E-state index contributed by atoms with van der Waals surface area (Å²) in [5, 5.41) is 6.63. The zero-order valence-corrected chi connectivity index (χ0v) is 11.0. The monoisotopic (exact) mass is 244 g/mol. The molecule has 1 aromatic heterocycles. The Balaban J connectivity index is 2.25. The van der Waals surface area contributed by atoms with Crippen molar-refractivity contribution in [3.63, 3.8) is 0 Å². The standard InChI is InChI=1S/C14H16N2O2/c1-8-5-6-12(7-9(8)2)14(17)15-13-10(3)16-18-11(13)4/h5-7H,1-4H3,(H,15,17). The molecule has 0 unspecified atom stereocenters. The third-order valence-electron chi connectivity index (χ3n) is 3.04. The summed E-state index contributed by atoms with van der Waals surface area (Å²) in [6, 6.07) is 5.64. The van der Waals surface area contributed by atoms with Gasteiger partial charge in [0, 0.05) is 5.56 Å². The van der Waals surface area contributed by atoms with Gasteiger partial charge in [-0.15, -0.1) is 0 Å². The largest absolute Gasteiger partial charge is 0.359 e. The molecule has 4 heteroatoms. The van der Waals surface area contributed by atoms with Gasteiger partial charge in [0.2, 0.25) is 0 Å². The van der Waals surface area contributed by atoms with Crippen molar-refractivity contribution in [3.8, 4) is 0 Å². The average molecular weight is 244 g/mol. The van der Waals surface area contributed by atoms with Crippen molar-refractivity contribution >= 4 is 11.6 Å². The molecule has 0 spiro atoms. The molecule has 2 rings (SSSR count). The molecule has 1 amide bonds. The maximum Gasteiger partial charge on any atom is 0.255 e. The van der Waals surface area contributed by atoms with Crippen LogP contribution in [0.2, 0.25) is 0 Å². The molecule has 0 saturated heterocycles. The van der Waals surface area contributed by atoms with E-state index in [0.29, 0.717) is 22.7 Å². The van der Waals surface area contributed by atoms with Crippen molar-refractivity contribution in [3.05, 3.63) is 46.3 Å².